The van der Waals surface area contributed by atoms with E-state index in [9.17, 15) is 14.7 Å². The average molecular weight is 448 g/mol. The minimum Gasteiger partial charge on any atom is -0.497 e. The molecular formula is C23H33N3O6. The second-order valence-electron chi connectivity index (χ2n) is 8.77. The maximum absolute atomic E-state index is 13.5. The standard InChI is InChI=1S/C22H31N3O4.CH2O2/c1-23-12-17-11-19(22(28)24-9-7-15(14-26)8-10-24)21(25(17)20(27)13-23)16-3-5-18(29-2)6-4-16;2-1-3/h3-6,15,17,19,21,26H,7-14H2,1-2H3;1H,(H,2,3)/t17-,19-,21-;/m1./s1. The monoisotopic (exact) mass is 447 g/mol. The number of carbonyl (C=O) groups excluding carboxylic acids is 2. The van der Waals surface area contributed by atoms with E-state index in [-0.39, 0.29) is 42.9 Å². The Morgan fingerprint density at radius 2 is 1.84 bits per heavy atom. The minimum absolute atomic E-state index is 0.0669. The summed E-state index contributed by atoms with van der Waals surface area (Å²) in [4.78, 5) is 40.8. The van der Waals surface area contributed by atoms with Crippen LogP contribution in [0.3, 0.4) is 0 Å². The predicted octanol–water partition coefficient (Wildman–Crippen LogP) is 0.831. The molecule has 1 aromatic rings. The number of aliphatic hydroxyl groups is 1. The van der Waals surface area contributed by atoms with Crippen molar-refractivity contribution in [1.82, 2.24) is 14.7 Å². The molecule has 2 N–H and O–H groups in total. The summed E-state index contributed by atoms with van der Waals surface area (Å²) in [5, 5.41) is 16.3. The molecule has 0 aliphatic carbocycles. The van der Waals surface area contributed by atoms with E-state index in [2.05, 4.69) is 0 Å². The molecule has 9 heteroatoms. The number of methoxy groups -OCH3 is 1. The molecule has 0 saturated carbocycles. The number of rotatable bonds is 4. The average Bonchev–Trinajstić information content (AvgIpc) is 3.19. The van der Waals surface area contributed by atoms with Crippen molar-refractivity contribution in [1.29, 1.82) is 0 Å². The summed E-state index contributed by atoms with van der Waals surface area (Å²) < 4.78 is 5.28. The summed E-state index contributed by atoms with van der Waals surface area (Å²) in [6.45, 7) is 2.51. The van der Waals surface area contributed by atoms with E-state index in [0.717, 1.165) is 30.7 Å². The number of piperidine rings is 1. The third kappa shape index (κ3) is 5.05. The van der Waals surface area contributed by atoms with Gasteiger partial charge in [0.1, 0.15) is 5.75 Å². The van der Waals surface area contributed by atoms with Crippen molar-refractivity contribution in [3.05, 3.63) is 29.8 Å². The highest BCUT2D eigenvalue weighted by atomic mass is 16.5. The molecule has 3 saturated heterocycles. The number of benzene rings is 1. The molecule has 176 valence electrons. The van der Waals surface area contributed by atoms with Gasteiger partial charge in [-0.15, -0.1) is 0 Å². The lowest BCUT2D eigenvalue weighted by molar-refractivity contribution is -0.142. The largest absolute Gasteiger partial charge is 0.497 e. The van der Waals surface area contributed by atoms with E-state index in [1.807, 2.05) is 46.0 Å². The lowest BCUT2D eigenvalue weighted by Crippen LogP contribution is -2.53. The van der Waals surface area contributed by atoms with E-state index in [1.165, 1.54) is 0 Å². The Bertz CT molecular complexity index is 793. The highest BCUT2D eigenvalue weighted by Gasteiger charge is 2.50. The van der Waals surface area contributed by atoms with Gasteiger partial charge in [0.25, 0.3) is 6.47 Å². The van der Waals surface area contributed by atoms with Crippen LogP contribution in [0.4, 0.5) is 0 Å². The van der Waals surface area contributed by atoms with Crippen molar-refractivity contribution in [2.45, 2.75) is 31.3 Å². The molecular weight excluding hydrogens is 414 g/mol. The van der Waals surface area contributed by atoms with Crippen LogP contribution in [0.5, 0.6) is 5.75 Å². The number of likely N-dealkylation sites (N-methyl/N-ethyl adjacent to an activating group) is 1. The lowest BCUT2D eigenvalue weighted by atomic mass is 9.90. The third-order valence-corrected chi connectivity index (χ3v) is 6.77. The Kier molecular flexibility index (Phi) is 8.09. The van der Waals surface area contributed by atoms with Crippen LogP contribution in [0.15, 0.2) is 24.3 Å². The van der Waals surface area contributed by atoms with Crippen LogP contribution in [-0.2, 0) is 14.4 Å². The molecule has 0 bridgehead atoms. The smallest absolute Gasteiger partial charge is 0.290 e. The number of carboxylic acid groups (broad SMARTS) is 1. The van der Waals surface area contributed by atoms with Crippen LogP contribution < -0.4 is 4.74 Å². The first kappa shape index (κ1) is 24.0. The summed E-state index contributed by atoms with van der Waals surface area (Å²) in [7, 11) is 3.60. The molecule has 1 aromatic carbocycles. The van der Waals surface area contributed by atoms with Gasteiger partial charge in [-0.25, -0.2) is 0 Å². The molecule has 0 unspecified atom stereocenters. The topological polar surface area (TPSA) is 111 Å². The second kappa shape index (κ2) is 10.8. The van der Waals surface area contributed by atoms with Crippen LogP contribution in [0.1, 0.15) is 30.9 Å². The summed E-state index contributed by atoms with van der Waals surface area (Å²) in [5.41, 5.74) is 0.995. The highest BCUT2D eigenvalue weighted by molar-refractivity contribution is 5.85. The Hall–Kier alpha value is -2.65. The van der Waals surface area contributed by atoms with Crippen molar-refractivity contribution >= 4 is 18.3 Å². The molecule has 3 atom stereocenters. The number of fused-ring (bicyclic) bond motifs is 1. The van der Waals surface area contributed by atoms with Gasteiger partial charge in [-0.2, -0.15) is 0 Å². The molecule has 0 aromatic heterocycles. The number of hydrogen-bond donors (Lipinski definition) is 2. The number of amides is 2. The lowest BCUT2D eigenvalue weighted by Gasteiger charge is -2.39. The number of aliphatic hydroxyl groups excluding tert-OH is 1. The van der Waals surface area contributed by atoms with E-state index in [1.54, 1.807) is 7.11 Å². The zero-order valence-electron chi connectivity index (χ0n) is 18.7. The van der Waals surface area contributed by atoms with Crippen molar-refractivity contribution in [3.8, 4) is 5.75 Å². The van der Waals surface area contributed by atoms with Gasteiger partial charge in [0.15, 0.2) is 0 Å². The van der Waals surface area contributed by atoms with Crippen LogP contribution >= 0.6 is 0 Å². The van der Waals surface area contributed by atoms with E-state index in [0.29, 0.717) is 32.0 Å². The number of ether oxygens (including phenoxy) is 1. The first-order chi connectivity index (χ1) is 15.4. The van der Waals surface area contributed by atoms with Gasteiger partial charge in [-0.3, -0.25) is 19.3 Å². The zero-order valence-corrected chi connectivity index (χ0v) is 18.7. The Morgan fingerprint density at radius 3 is 2.41 bits per heavy atom. The van der Waals surface area contributed by atoms with Crippen LogP contribution in [0, 0.1) is 11.8 Å². The maximum atomic E-state index is 13.5. The summed E-state index contributed by atoms with van der Waals surface area (Å²) in [6, 6.07) is 7.60. The van der Waals surface area contributed by atoms with Gasteiger partial charge < -0.3 is 24.7 Å². The number of piperazine rings is 1. The molecule has 4 rings (SSSR count). The zero-order chi connectivity index (χ0) is 23.3. The summed E-state index contributed by atoms with van der Waals surface area (Å²) >= 11 is 0. The highest BCUT2D eigenvalue weighted by Crippen LogP contribution is 2.44. The third-order valence-electron chi connectivity index (χ3n) is 6.77. The van der Waals surface area contributed by atoms with Crippen LogP contribution in [0.2, 0.25) is 0 Å². The van der Waals surface area contributed by atoms with Crippen LogP contribution in [-0.4, -0.2) is 96.2 Å². The Morgan fingerprint density at radius 1 is 1.22 bits per heavy atom. The van der Waals surface area contributed by atoms with Gasteiger partial charge in [0.2, 0.25) is 11.8 Å². The van der Waals surface area contributed by atoms with Crippen molar-refractivity contribution in [3.63, 3.8) is 0 Å². The molecule has 0 spiro atoms. The van der Waals surface area contributed by atoms with E-state index in [4.69, 9.17) is 14.6 Å². The van der Waals surface area contributed by atoms with E-state index < -0.39 is 0 Å². The van der Waals surface area contributed by atoms with E-state index >= 15 is 0 Å². The fourth-order valence-corrected chi connectivity index (χ4v) is 5.22. The number of nitrogens with zero attached hydrogens (tertiary/aromatic N) is 3. The molecule has 3 heterocycles. The fraction of sp³-hybridized carbons (Fsp3) is 0.609. The number of carbonyl (C=O) groups is 3. The van der Waals surface area contributed by atoms with Gasteiger partial charge in [0, 0.05) is 32.3 Å². The summed E-state index contributed by atoms with van der Waals surface area (Å²) in [5.74, 6) is 1.07. The van der Waals surface area contributed by atoms with Crippen LogP contribution in [0.25, 0.3) is 0 Å². The fourth-order valence-electron chi connectivity index (χ4n) is 5.22. The normalized spacial score (nSPS) is 26.2. The van der Waals surface area contributed by atoms with Gasteiger partial charge in [0.05, 0.1) is 25.6 Å². The number of hydrogen-bond acceptors (Lipinski definition) is 6. The summed E-state index contributed by atoms with van der Waals surface area (Å²) in [6.07, 6.45) is 2.39. The van der Waals surface area contributed by atoms with Crippen molar-refractivity contribution < 1.29 is 29.3 Å². The molecule has 0 radical (unpaired) electrons. The predicted molar refractivity (Wildman–Crippen MR) is 117 cm³/mol. The molecule has 9 nitrogen and oxygen atoms in total. The van der Waals surface area contributed by atoms with Crippen molar-refractivity contribution in [2.75, 3.05) is 46.9 Å². The first-order valence-corrected chi connectivity index (χ1v) is 11.0. The van der Waals surface area contributed by atoms with Gasteiger partial charge >= 0.3 is 0 Å². The quantitative estimate of drug-likeness (QED) is 0.658. The van der Waals surface area contributed by atoms with Crippen molar-refractivity contribution in [2.24, 2.45) is 11.8 Å². The molecule has 3 fully saturated rings. The second-order valence-corrected chi connectivity index (χ2v) is 8.77. The van der Waals surface area contributed by atoms with Gasteiger partial charge in [-0.1, -0.05) is 12.1 Å². The number of likely N-dealkylation sites (tertiary alicyclic amines) is 1. The molecule has 32 heavy (non-hydrogen) atoms. The SMILES string of the molecule is COc1ccc([C@@H]2[C@H](C(=O)N3CCC(CO)CC3)C[C@@H]3CN(C)CC(=O)N32)cc1.O=CO. The Labute approximate surface area is 188 Å². The maximum Gasteiger partial charge on any atom is 0.290 e. The molecule has 3 aliphatic rings. The minimum atomic E-state index is -0.250. The Balaban J connectivity index is 0.000000913. The molecule has 3 aliphatic heterocycles. The molecule has 2 amide bonds. The van der Waals surface area contributed by atoms with Gasteiger partial charge in [-0.05, 0) is 49.9 Å². The first-order valence-electron chi connectivity index (χ1n) is 11.0.